The first kappa shape index (κ1) is 12.7. The summed E-state index contributed by atoms with van der Waals surface area (Å²) >= 11 is 3.20. The highest BCUT2D eigenvalue weighted by Gasteiger charge is 2.23. The van der Waals surface area contributed by atoms with E-state index in [-0.39, 0.29) is 11.5 Å². The second-order valence-electron chi connectivity index (χ2n) is 3.73. The van der Waals surface area contributed by atoms with Crippen LogP contribution in [0.15, 0.2) is 18.2 Å². The summed E-state index contributed by atoms with van der Waals surface area (Å²) in [5.41, 5.74) is 0.306. The maximum Gasteiger partial charge on any atom is 0.240 e. The summed E-state index contributed by atoms with van der Waals surface area (Å²) in [5, 5.41) is 11.2. The van der Waals surface area contributed by atoms with Gasteiger partial charge in [0.05, 0.1) is 9.89 Å². The average molecular weight is 285 g/mol. The molecule has 1 amide bonds. The van der Waals surface area contributed by atoms with Crippen LogP contribution in [0.25, 0.3) is 0 Å². The van der Waals surface area contributed by atoms with Gasteiger partial charge < -0.3 is 5.32 Å². The Morgan fingerprint density at radius 3 is 2.69 bits per heavy atom. The molecule has 16 heavy (non-hydrogen) atoms. The van der Waals surface area contributed by atoms with Crippen LogP contribution in [0, 0.1) is 17.1 Å². The molecule has 1 aromatic rings. The number of nitrogens with one attached hydrogen (secondary N) is 1. The molecule has 0 aliphatic heterocycles. The van der Waals surface area contributed by atoms with E-state index in [2.05, 4.69) is 21.2 Å². The maximum atomic E-state index is 13.0. The molecule has 1 aromatic carbocycles. The van der Waals surface area contributed by atoms with Crippen LogP contribution in [0.1, 0.15) is 19.4 Å². The van der Waals surface area contributed by atoms with Crippen molar-refractivity contribution in [1.29, 1.82) is 5.26 Å². The van der Waals surface area contributed by atoms with Crippen molar-refractivity contribution in [2.24, 2.45) is 0 Å². The molecular weight excluding hydrogens is 275 g/mol. The van der Waals surface area contributed by atoms with Crippen molar-refractivity contribution in [2.45, 2.75) is 18.2 Å². The number of alkyl halides is 1. The zero-order chi connectivity index (χ0) is 12.3. The molecule has 1 N–H and O–H groups in total. The van der Waals surface area contributed by atoms with Crippen LogP contribution in [0.4, 0.5) is 10.1 Å². The lowest BCUT2D eigenvalue weighted by Crippen LogP contribution is -2.30. The molecule has 5 heteroatoms. The Kier molecular flexibility index (Phi) is 3.66. The summed E-state index contributed by atoms with van der Waals surface area (Å²) in [6, 6.07) is 5.56. The van der Waals surface area contributed by atoms with Crippen LogP contribution in [0.3, 0.4) is 0 Å². The summed E-state index contributed by atoms with van der Waals surface area (Å²) in [6.45, 7) is 3.38. The lowest BCUT2D eigenvalue weighted by molar-refractivity contribution is -0.117. The standard InChI is InChI=1S/C11H10BrFN2O/c1-11(2,12)10(16)15-8-3-4-9(13)7(5-8)6-14/h3-5H,1-2H3,(H,15,16). The van der Waals surface area contributed by atoms with Gasteiger partial charge in [0, 0.05) is 5.69 Å². The zero-order valence-corrected chi connectivity index (χ0v) is 10.4. The van der Waals surface area contributed by atoms with Crippen LogP contribution >= 0.6 is 15.9 Å². The van der Waals surface area contributed by atoms with E-state index in [4.69, 9.17) is 5.26 Å². The van der Waals surface area contributed by atoms with Gasteiger partial charge in [-0.15, -0.1) is 0 Å². The van der Waals surface area contributed by atoms with Crippen LogP contribution in [-0.2, 0) is 4.79 Å². The number of benzene rings is 1. The third-order valence-corrected chi connectivity index (χ3v) is 2.24. The van der Waals surface area contributed by atoms with E-state index in [1.165, 1.54) is 12.1 Å². The monoisotopic (exact) mass is 284 g/mol. The van der Waals surface area contributed by atoms with Crippen molar-refractivity contribution < 1.29 is 9.18 Å². The third kappa shape index (κ3) is 3.04. The van der Waals surface area contributed by atoms with Crippen molar-refractivity contribution in [3.8, 4) is 6.07 Å². The average Bonchev–Trinajstić information content (AvgIpc) is 2.19. The van der Waals surface area contributed by atoms with E-state index in [9.17, 15) is 9.18 Å². The fourth-order valence-electron chi connectivity index (χ4n) is 0.968. The molecule has 0 spiro atoms. The second-order valence-corrected chi connectivity index (χ2v) is 5.72. The van der Waals surface area contributed by atoms with Crippen molar-refractivity contribution in [3.05, 3.63) is 29.6 Å². The molecule has 0 heterocycles. The molecule has 0 unspecified atom stereocenters. The Balaban J connectivity index is 2.92. The topological polar surface area (TPSA) is 52.9 Å². The zero-order valence-electron chi connectivity index (χ0n) is 8.84. The normalized spacial score (nSPS) is 10.7. The highest BCUT2D eigenvalue weighted by molar-refractivity contribution is 9.10. The molecule has 0 aliphatic rings. The van der Waals surface area contributed by atoms with Gasteiger partial charge in [0.25, 0.3) is 0 Å². The number of hydrogen-bond acceptors (Lipinski definition) is 2. The first-order chi connectivity index (χ1) is 7.34. The lowest BCUT2D eigenvalue weighted by Gasteiger charge is -2.15. The molecule has 0 radical (unpaired) electrons. The fraction of sp³-hybridized carbons (Fsp3) is 0.273. The molecule has 0 bridgehead atoms. The summed E-state index contributed by atoms with van der Waals surface area (Å²) < 4.78 is 12.3. The molecule has 0 aliphatic carbocycles. The Morgan fingerprint density at radius 1 is 1.56 bits per heavy atom. The molecule has 0 saturated heterocycles. The summed E-state index contributed by atoms with van der Waals surface area (Å²) in [4.78, 5) is 11.6. The highest BCUT2D eigenvalue weighted by Crippen LogP contribution is 2.20. The smallest absolute Gasteiger partial charge is 0.240 e. The molecule has 0 fully saturated rings. The van der Waals surface area contributed by atoms with Gasteiger partial charge >= 0.3 is 0 Å². The fourth-order valence-corrected chi connectivity index (χ4v) is 1.07. The van der Waals surface area contributed by atoms with E-state index in [0.717, 1.165) is 6.07 Å². The van der Waals surface area contributed by atoms with Gasteiger partial charge in [0.2, 0.25) is 5.91 Å². The van der Waals surface area contributed by atoms with Crippen molar-refractivity contribution in [2.75, 3.05) is 5.32 Å². The van der Waals surface area contributed by atoms with Crippen molar-refractivity contribution in [3.63, 3.8) is 0 Å². The largest absolute Gasteiger partial charge is 0.325 e. The number of anilines is 1. The minimum Gasteiger partial charge on any atom is -0.325 e. The number of nitrogens with zero attached hydrogens (tertiary/aromatic N) is 1. The number of halogens is 2. The Hall–Kier alpha value is -1.41. The molecule has 0 atom stereocenters. The maximum absolute atomic E-state index is 13.0. The number of hydrogen-bond donors (Lipinski definition) is 1. The van der Waals surface area contributed by atoms with E-state index in [1.807, 2.05) is 0 Å². The second kappa shape index (κ2) is 4.62. The molecule has 3 nitrogen and oxygen atoms in total. The number of carbonyl (C=O) groups is 1. The SMILES string of the molecule is CC(C)(Br)C(=O)Nc1ccc(F)c(C#N)c1. The quantitative estimate of drug-likeness (QED) is 0.849. The van der Waals surface area contributed by atoms with Gasteiger partial charge in [-0.1, -0.05) is 15.9 Å². The van der Waals surface area contributed by atoms with E-state index < -0.39 is 10.1 Å². The first-order valence-corrected chi connectivity index (χ1v) is 5.34. The van der Waals surface area contributed by atoms with Gasteiger partial charge in [0.1, 0.15) is 11.9 Å². The van der Waals surface area contributed by atoms with Crippen molar-refractivity contribution in [1.82, 2.24) is 0 Å². The van der Waals surface area contributed by atoms with Crippen LogP contribution < -0.4 is 5.32 Å². The van der Waals surface area contributed by atoms with Crippen LogP contribution in [0.2, 0.25) is 0 Å². The number of nitriles is 1. The summed E-state index contributed by atoms with van der Waals surface area (Å²) in [6.07, 6.45) is 0. The van der Waals surface area contributed by atoms with Gasteiger partial charge in [-0.25, -0.2) is 4.39 Å². The Labute approximate surface area is 101 Å². The number of amides is 1. The summed E-state index contributed by atoms with van der Waals surface area (Å²) in [5.74, 6) is -0.860. The number of carbonyl (C=O) groups excluding carboxylic acids is 1. The molecule has 0 aromatic heterocycles. The summed E-state index contributed by atoms with van der Waals surface area (Å²) in [7, 11) is 0. The Morgan fingerprint density at radius 2 is 2.19 bits per heavy atom. The van der Waals surface area contributed by atoms with Crippen LogP contribution in [0.5, 0.6) is 0 Å². The van der Waals surface area contributed by atoms with Gasteiger partial charge in [-0.3, -0.25) is 4.79 Å². The molecular formula is C11H10BrFN2O. The molecule has 0 saturated carbocycles. The Bertz CT molecular complexity index is 460. The van der Waals surface area contributed by atoms with E-state index in [0.29, 0.717) is 5.69 Å². The minimum absolute atomic E-state index is 0.0924. The predicted molar refractivity (Wildman–Crippen MR) is 62.8 cm³/mol. The van der Waals surface area contributed by atoms with Crippen LogP contribution in [-0.4, -0.2) is 10.2 Å². The van der Waals surface area contributed by atoms with E-state index in [1.54, 1.807) is 19.9 Å². The van der Waals surface area contributed by atoms with Crippen molar-refractivity contribution >= 4 is 27.5 Å². The van der Waals surface area contributed by atoms with Gasteiger partial charge in [-0.05, 0) is 32.0 Å². The molecule has 84 valence electrons. The lowest BCUT2D eigenvalue weighted by atomic mass is 10.1. The predicted octanol–water partition coefficient (Wildman–Crippen LogP) is 2.81. The third-order valence-electron chi connectivity index (χ3n) is 1.88. The highest BCUT2D eigenvalue weighted by atomic mass is 79.9. The van der Waals surface area contributed by atoms with Gasteiger partial charge in [-0.2, -0.15) is 5.26 Å². The molecule has 1 rings (SSSR count). The van der Waals surface area contributed by atoms with Gasteiger partial charge in [0.15, 0.2) is 0 Å². The number of rotatable bonds is 2. The minimum atomic E-state index is -0.714. The first-order valence-electron chi connectivity index (χ1n) is 4.54. The van der Waals surface area contributed by atoms with E-state index >= 15 is 0 Å².